The van der Waals surface area contributed by atoms with Gasteiger partial charge in [-0.2, -0.15) is 0 Å². The van der Waals surface area contributed by atoms with Crippen molar-refractivity contribution in [2.75, 3.05) is 32.7 Å². The van der Waals surface area contributed by atoms with Crippen molar-refractivity contribution in [3.05, 3.63) is 0 Å². The lowest BCUT2D eigenvalue weighted by Gasteiger charge is -2.32. The SMILES string of the molecule is CC(C)CN(CC(C)C)CC1CCNCC1.Cl. The molecule has 1 fully saturated rings. The molecule has 1 rings (SSSR count). The maximum Gasteiger partial charge on any atom is 0.00108 e. The molecule has 0 aromatic rings. The first-order valence-corrected chi connectivity index (χ1v) is 7.01. The van der Waals surface area contributed by atoms with Crippen molar-refractivity contribution in [1.29, 1.82) is 0 Å². The lowest BCUT2D eigenvalue weighted by atomic mass is 9.96. The topological polar surface area (TPSA) is 15.3 Å². The molecule has 17 heavy (non-hydrogen) atoms. The maximum absolute atomic E-state index is 3.45. The quantitative estimate of drug-likeness (QED) is 0.792. The molecular weight excluding hydrogens is 232 g/mol. The van der Waals surface area contributed by atoms with Crippen molar-refractivity contribution in [3.63, 3.8) is 0 Å². The maximum atomic E-state index is 3.45. The molecule has 104 valence electrons. The van der Waals surface area contributed by atoms with Crippen LogP contribution in [0.25, 0.3) is 0 Å². The van der Waals surface area contributed by atoms with Crippen LogP contribution >= 0.6 is 12.4 Å². The number of halogens is 1. The zero-order valence-corrected chi connectivity index (χ0v) is 12.9. The van der Waals surface area contributed by atoms with Crippen LogP contribution in [0.1, 0.15) is 40.5 Å². The highest BCUT2D eigenvalue weighted by molar-refractivity contribution is 5.85. The molecule has 0 spiro atoms. The Kier molecular flexibility index (Phi) is 9.29. The van der Waals surface area contributed by atoms with E-state index in [2.05, 4.69) is 37.9 Å². The molecule has 3 heteroatoms. The van der Waals surface area contributed by atoms with E-state index in [1.165, 1.54) is 45.6 Å². The minimum absolute atomic E-state index is 0. The van der Waals surface area contributed by atoms with E-state index in [1.807, 2.05) is 0 Å². The van der Waals surface area contributed by atoms with E-state index in [0.717, 1.165) is 17.8 Å². The number of hydrogen-bond donors (Lipinski definition) is 1. The average molecular weight is 263 g/mol. The van der Waals surface area contributed by atoms with Crippen LogP contribution in [0.15, 0.2) is 0 Å². The Morgan fingerprint density at radius 1 is 1.00 bits per heavy atom. The summed E-state index contributed by atoms with van der Waals surface area (Å²) in [5, 5.41) is 3.45. The minimum Gasteiger partial charge on any atom is -0.317 e. The Bertz CT molecular complexity index is 167. The molecule has 0 aliphatic carbocycles. The van der Waals surface area contributed by atoms with E-state index in [9.17, 15) is 0 Å². The summed E-state index contributed by atoms with van der Waals surface area (Å²) in [4.78, 5) is 2.69. The summed E-state index contributed by atoms with van der Waals surface area (Å²) in [6.07, 6.45) is 2.74. The second-order valence-corrected chi connectivity index (χ2v) is 6.20. The van der Waals surface area contributed by atoms with Gasteiger partial charge in [-0.1, -0.05) is 27.7 Å². The third-order valence-electron chi connectivity index (χ3n) is 3.22. The van der Waals surface area contributed by atoms with Gasteiger partial charge >= 0.3 is 0 Å². The molecule has 2 nitrogen and oxygen atoms in total. The Morgan fingerprint density at radius 2 is 1.47 bits per heavy atom. The number of piperidine rings is 1. The molecule has 0 aromatic carbocycles. The van der Waals surface area contributed by atoms with Crippen molar-refractivity contribution in [2.45, 2.75) is 40.5 Å². The van der Waals surface area contributed by atoms with Crippen LogP contribution in [0.3, 0.4) is 0 Å². The summed E-state index contributed by atoms with van der Waals surface area (Å²) in [7, 11) is 0. The van der Waals surface area contributed by atoms with Crippen LogP contribution in [-0.4, -0.2) is 37.6 Å². The Hall–Kier alpha value is 0.210. The van der Waals surface area contributed by atoms with Crippen LogP contribution < -0.4 is 5.32 Å². The van der Waals surface area contributed by atoms with Gasteiger partial charge in [0.1, 0.15) is 0 Å². The molecule has 0 radical (unpaired) electrons. The van der Waals surface area contributed by atoms with E-state index in [-0.39, 0.29) is 12.4 Å². The first-order valence-electron chi connectivity index (χ1n) is 7.01. The van der Waals surface area contributed by atoms with Crippen LogP contribution in [0.4, 0.5) is 0 Å². The zero-order valence-electron chi connectivity index (χ0n) is 12.0. The van der Waals surface area contributed by atoms with Crippen molar-refractivity contribution in [1.82, 2.24) is 10.2 Å². The van der Waals surface area contributed by atoms with Crippen molar-refractivity contribution in [2.24, 2.45) is 17.8 Å². The fourth-order valence-corrected chi connectivity index (χ4v) is 2.69. The molecule has 0 amide bonds. The molecular formula is C14H31ClN2. The van der Waals surface area contributed by atoms with Gasteiger partial charge in [-0.3, -0.25) is 0 Å². The van der Waals surface area contributed by atoms with E-state index in [4.69, 9.17) is 0 Å². The lowest BCUT2D eigenvalue weighted by molar-refractivity contribution is 0.171. The largest absolute Gasteiger partial charge is 0.317 e. The molecule has 0 unspecified atom stereocenters. The van der Waals surface area contributed by atoms with Crippen molar-refractivity contribution >= 4 is 12.4 Å². The van der Waals surface area contributed by atoms with E-state index in [0.29, 0.717) is 0 Å². The van der Waals surface area contributed by atoms with Crippen LogP contribution in [0, 0.1) is 17.8 Å². The number of rotatable bonds is 6. The van der Waals surface area contributed by atoms with Crippen LogP contribution in [0.5, 0.6) is 0 Å². The van der Waals surface area contributed by atoms with Gasteiger partial charge in [0.05, 0.1) is 0 Å². The van der Waals surface area contributed by atoms with Gasteiger partial charge in [-0.25, -0.2) is 0 Å². The monoisotopic (exact) mass is 262 g/mol. The van der Waals surface area contributed by atoms with Gasteiger partial charge in [-0.05, 0) is 43.7 Å². The van der Waals surface area contributed by atoms with E-state index in [1.54, 1.807) is 0 Å². The molecule has 0 bridgehead atoms. The first-order chi connectivity index (χ1) is 7.58. The minimum atomic E-state index is 0. The van der Waals surface area contributed by atoms with Gasteiger partial charge < -0.3 is 10.2 Å². The van der Waals surface area contributed by atoms with Gasteiger partial charge in [0.2, 0.25) is 0 Å². The summed E-state index contributed by atoms with van der Waals surface area (Å²) in [6.45, 7) is 15.6. The average Bonchev–Trinajstić information content (AvgIpc) is 2.16. The molecule has 1 heterocycles. The Morgan fingerprint density at radius 3 is 1.88 bits per heavy atom. The molecule has 1 aliphatic heterocycles. The van der Waals surface area contributed by atoms with Gasteiger partial charge in [-0.15, -0.1) is 12.4 Å². The van der Waals surface area contributed by atoms with E-state index < -0.39 is 0 Å². The smallest absolute Gasteiger partial charge is 0.00108 e. The highest BCUT2D eigenvalue weighted by atomic mass is 35.5. The molecule has 1 aliphatic rings. The summed E-state index contributed by atoms with van der Waals surface area (Å²) in [6, 6.07) is 0. The zero-order chi connectivity index (χ0) is 12.0. The van der Waals surface area contributed by atoms with Gasteiger partial charge in [0, 0.05) is 19.6 Å². The fraction of sp³-hybridized carbons (Fsp3) is 1.00. The predicted octanol–water partition coefficient (Wildman–Crippen LogP) is 3.02. The van der Waals surface area contributed by atoms with Crippen LogP contribution in [-0.2, 0) is 0 Å². The fourth-order valence-electron chi connectivity index (χ4n) is 2.69. The standard InChI is InChI=1S/C14H30N2.ClH/c1-12(2)9-16(10-13(3)4)11-14-5-7-15-8-6-14;/h12-15H,5-11H2,1-4H3;1H. The third-order valence-corrected chi connectivity index (χ3v) is 3.22. The second kappa shape index (κ2) is 9.18. The summed E-state index contributed by atoms with van der Waals surface area (Å²) >= 11 is 0. The Labute approximate surface area is 114 Å². The van der Waals surface area contributed by atoms with Crippen molar-refractivity contribution in [3.8, 4) is 0 Å². The van der Waals surface area contributed by atoms with Crippen LogP contribution in [0.2, 0.25) is 0 Å². The first kappa shape index (κ1) is 17.2. The number of nitrogens with one attached hydrogen (secondary N) is 1. The molecule has 0 atom stereocenters. The highest BCUT2D eigenvalue weighted by Crippen LogP contribution is 2.15. The molecule has 1 N–H and O–H groups in total. The molecule has 0 aromatic heterocycles. The Balaban J connectivity index is 0.00000256. The summed E-state index contributed by atoms with van der Waals surface area (Å²) in [5.74, 6) is 2.51. The van der Waals surface area contributed by atoms with E-state index >= 15 is 0 Å². The number of hydrogen-bond acceptors (Lipinski definition) is 2. The van der Waals surface area contributed by atoms with Gasteiger partial charge in [0.15, 0.2) is 0 Å². The second-order valence-electron chi connectivity index (χ2n) is 6.20. The predicted molar refractivity (Wildman–Crippen MR) is 79.0 cm³/mol. The lowest BCUT2D eigenvalue weighted by Crippen LogP contribution is -2.39. The van der Waals surface area contributed by atoms with Crippen molar-refractivity contribution < 1.29 is 0 Å². The third kappa shape index (κ3) is 8.01. The summed E-state index contributed by atoms with van der Waals surface area (Å²) in [5.41, 5.74) is 0. The normalized spacial score (nSPS) is 17.8. The molecule has 0 saturated carbocycles. The molecule has 1 saturated heterocycles. The van der Waals surface area contributed by atoms with Gasteiger partial charge in [0.25, 0.3) is 0 Å². The summed E-state index contributed by atoms with van der Waals surface area (Å²) < 4.78 is 0. The number of nitrogens with zero attached hydrogens (tertiary/aromatic N) is 1. The highest BCUT2D eigenvalue weighted by Gasteiger charge is 2.18.